The van der Waals surface area contributed by atoms with E-state index in [0.29, 0.717) is 16.9 Å². The summed E-state index contributed by atoms with van der Waals surface area (Å²) in [5, 5.41) is 2.96. The van der Waals surface area contributed by atoms with Gasteiger partial charge < -0.3 is 16.8 Å². The summed E-state index contributed by atoms with van der Waals surface area (Å²) in [6, 6.07) is 5.01. The smallest absolute Gasteiger partial charge is 0.253 e. The normalized spacial score (nSPS) is 22.4. The predicted molar refractivity (Wildman–Crippen MR) is 83.3 cm³/mol. The summed E-state index contributed by atoms with van der Waals surface area (Å²) >= 11 is 0. The summed E-state index contributed by atoms with van der Waals surface area (Å²) < 4.78 is 0. The molecule has 0 aliphatic heterocycles. The first-order valence-corrected chi connectivity index (χ1v) is 7.49. The molecule has 1 aromatic rings. The highest BCUT2D eigenvalue weighted by Gasteiger charge is 2.18. The van der Waals surface area contributed by atoms with E-state index < -0.39 is 0 Å². The van der Waals surface area contributed by atoms with Gasteiger partial charge in [0.05, 0.1) is 5.56 Å². The summed E-state index contributed by atoms with van der Waals surface area (Å²) in [5.74, 6) is 1.53. The highest BCUT2D eigenvalue weighted by Crippen LogP contribution is 2.29. The number of amides is 1. The van der Waals surface area contributed by atoms with Gasteiger partial charge in [0.15, 0.2) is 0 Å². The van der Waals surface area contributed by atoms with Crippen molar-refractivity contribution >= 4 is 17.3 Å². The van der Waals surface area contributed by atoms with Gasteiger partial charge in [-0.15, -0.1) is 0 Å². The maximum atomic E-state index is 12.0. The largest absolute Gasteiger partial charge is 0.399 e. The molecular weight excluding hydrogens is 250 g/mol. The first kappa shape index (κ1) is 14.7. The number of benzene rings is 1. The molecule has 1 amide bonds. The summed E-state index contributed by atoms with van der Waals surface area (Å²) in [4.78, 5) is 12.0. The molecule has 20 heavy (non-hydrogen) atoms. The van der Waals surface area contributed by atoms with E-state index in [0.717, 1.165) is 24.8 Å². The van der Waals surface area contributed by atoms with Gasteiger partial charge in [0.2, 0.25) is 0 Å². The first-order valence-electron chi connectivity index (χ1n) is 7.49. The highest BCUT2D eigenvalue weighted by atomic mass is 16.1. The molecule has 0 saturated heterocycles. The second-order valence-electron chi connectivity index (χ2n) is 6.02. The average Bonchev–Trinajstić information content (AvgIpc) is 2.41. The molecule has 2 rings (SSSR count). The van der Waals surface area contributed by atoms with Crippen LogP contribution in [0.4, 0.5) is 11.4 Å². The van der Waals surface area contributed by atoms with Crippen molar-refractivity contribution in [3.63, 3.8) is 0 Å². The number of nitrogens with one attached hydrogen (secondary N) is 1. The quantitative estimate of drug-likeness (QED) is 0.739. The number of hydrogen-bond donors (Lipinski definition) is 3. The molecule has 0 unspecified atom stereocenters. The van der Waals surface area contributed by atoms with Crippen molar-refractivity contribution in [2.75, 3.05) is 18.0 Å². The molecule has 1 fully saturated rings. The van der Waals surface area contributed by atoms with Crippen molar-refractivity contribution in [1.82, 2.24) is 5.32 Å². The number of nitrogens with two attached hydrogens (primary N) is 2. The molecule has 1 aliphatic rings. The standard InChI is InChI=1S/C16H25N3O/c1-11-2-4-12(5-3-11)8-9-19-16(20)14-7-6-13(17)10-15(14)18/h6-7,10-12H,2-5,8-9,17-18H2,1H3,(H,19,20). The Hall–Kier alpha value is -1.71. The Bertz CT molecular complexity index is 465. The number of nitrogen functional groups attached to an aromatic ring is 2. The lowest BCUT2D eigenvalue weighted by molar-refractivity contribution is 0.0950. The highest BCUT2D eigenvalue weighted by molar-refractivity contribution is 5.99. The molecule has 0 heterocycles. The van der Waals surface area contributed by atoms with Gasteiger partial charge in [-0.05, 0) is 36.5 Å². The fourth-order valence-corrected chi connectivity index (χ4v) is 2.89. The van der Waals surface area contributed by atoms with E-state index >= 15 is 0 Å². The minimum Gasteiger partial charge on any atom is -0.399 e. The van der Waals surface area contributed by atoms with Crippen LogP contribution in [-0.4, -0.2) is 12.5 Å². The lowest BCUT2D eigenvalue weighted by Crippen LogP contribution is -2.27. The molecule has 0 aromatic heterocycles. The number of rotatable bonds is 4. The first-order chi connectivity index (χ1) is 9.56. The lowest BCUT2D eigenvalue weighted by atomic mass is 9.81. The number of anilines is 2. The van der Waals surface area contributed by atoms with Crippen molar-refractivity contribution in [3.05, 3.63) is 23.8 Å². The molecule has 5 N–H and O–H groups in total. The van der Waals surface area contributed by atoms with Gasteiger partial charge in [0.25, 0.3) is 5.91 Å². The van der Waals surface area contributed by atoms with E-state index in [1.807, 2.05) is 0 Å². The molecule has 4 heteroatoms. The Morgan fingerprint density at radius 2 is 1.95 bits per heavy atom. The number of carbonyl (C=O) groups is 1. The van der Waals surface area contributed by atoms with Crippen LogP contribution in [0.3, 0.4) is 0 Å². The van der Waals surface area contributed by atoms with Crippen LogP contribution in [0.25, 0.3) is 0 Å². The molecule has 1 aliphatic carbocycles. The topological polar surface area (TPSA) is 81.1 Å². The van der Waals surface area contributed by atoms with Crippen LogP contribution in [0.1, 0.15) is 49.4 Å². The Balaban J connectivity index is 1.77. The maximum Gasteiger partial charge on any atom is 0.253 e. The van der Waals surface area contributed by atoms with Crippen molar-refractivity contribution in [1.29, 1.82) is 0 Å². The third-order valence-electron chi connectivity index (χ3n) is 4.29. The van der Waals surface area contributed by atoms with E-state index in [1.165, 1.54) is 25.7 Å². The van der Waals surface area contributed by atoms with Crippen molar-refractivity contribution < 1.29 is 4.79 Å². The molecule has 1 saturated carbocycles. The minimum absolute atomic E-state index is 0.105. The van der Waals surface area contributed by atoms with Crippen LogP contribution < -0.4 is 16.8 Å². The second kappa shape index (κ2) is 6.64. The van der Waals surface area contributed by atoms with Gasteiger partial charge in [-0.25, -0.2) is 0 Å². The third-order valence-corrected chi connectivity index (χ3v) is 4.29. The van der Waals surface area contributed by atoms with Gasteiger partial charge in [-0.2, -0.15) is 0 Å². The SMILES string of the molecule is CC1CCC(CCNC(=O)c2ccc(N)cc2N)CC1. The third kappa shape index (κ3) is 3.89. The van der Waals surface area contributed by atoms with Gasteiger partial charge in [-0.3, -0.25) is 4.79 Å². The summed E-state index contributed by atoms with van der Waals surface area (Å²) in [6.45, 7) is 3.05. The average molecular weight is 275 g/mol. The Kier molecular flexibility index (Phi) is 4.88. The maximum absolute atomic E-state index is 12.0. The summed E-state index contributed by atoms with van der Waals surface area (Å²) in [6.07, 6.45) is 6.29. The van der Waals surface area contributed by atoms with Crippen molar-refractivity contribution in [3.8, 4) is 0 Å². The Morgan fingerprint density at radius 3 is 2.60 bits per heavy atom. The van der Waals surface area contributed by atoms with Crippen LogP contribution in [0, 0.1) is 11.8 Å². The molecule has 0 spiro atoms. The van der Waals surface area contributed by atoms with Gasteiger partial charge in [0.1, 0.15) is 0 Å². The van der Waals surface area contributed by atoms with Crippen LogP contribution in [0.5, 0.6) is 0 Å². The summed E-state index contributed by atoms with van der Waals surface area (Å²) in [5.41, 5.74) is 13.0. The molecule has 4 nitrogen and oxygen atoms in total. The minimum atomic E-state index is -0.105. The van der Waals surface area contributed by atoms with E-state index in [1.54, 1.807) is 18.2 Å². The molecule has 1 aromatic carbocycles. The van der Waals surface area contributed by atoms with Crippen LogP contribution >= 0.6 is 0 Å². The summed E-state index contributed by atoms with van der Waals surface area (Å²) in [7, 11) is 0. The zero-order valence-corrected chi connectivity index (χ0v) is 12.2. The molecule has 0 radical (unpaired) electrons. The Morgan fingerprint density at radius 1 is 1.25 bits per heavy atom. The van der Waals surface area contributed by atoms with E-state index in [4.69, 9.17) is 11.5 Å². The lowest BCUT2D eigenvalue weighted by Gasteiger charge is -2.26. The van der Waals surface area contributed by atoms with E-state index in [2.05, 4.69) is 12.2 Å². The zero-order valence-electron chi connectivity index (χ0n) is 12.2. The second-order valence-corrected chi connectivity index (χ2v) is 6.02. The molecular formula is C16H25N3O. The molecule has 0 bridgehead atoms. The van der Waals surface area contributed by atoms with Crippen LogP contribution in [-0.2, 0) is 0 Å². The van der Waals surface area contributed by atoms with Crippen molar-refractivity contribution in [2.45, 2.75) is 39.0 Å². The van der Waals surface area contributed by atoms with Gasteiger partial charge >= 0.3 is 0 Å². The van der Waals surface area contributed by atoms with E-state index in [9.17, 15) is 4.79 Å². The molecule has 0 atom stereocenters. The van der Waals surface area contributed by atoms with Crippen LogP contribution in [0.15, 0.2) is 18.2 Å². The Labute approximate surface area is 120 Å². The van der Waals surface area contributed by atoms with E-state index in [-0.39, 0.29) is 5.91 Å². The van der Waals surface area contributed by atoms with Crippen molar-refractivity contribution in [2.24, 2.45) is 11.8 Å². The number of hydrogen-bond acceptors (Lipinski definition) is 3. The van der Waals surface area contributed by atoms with Gasteiger partial charge in [0, 0.05) is 17.9 Å². The predicted octanol–water partition coefficient (Wildman–Crippen LogP) is 2.80. The number of carbonyl (C=O) groups excluding carboxylic acids is 1. The molecule has 110 valence electrons. The van der Waals surface area contributed by atoms with Crippen LogP contribution in [0.2, 0.25) is 0 Å². The monoisotopic (exact) mass is 275 g/mol. The zero-order chi connectivity index (χ0) is 14.5. The van der Waals surface area contributed by atoms with Gasteiger partial charge in [-0.1, -0.05) is 32.6 Å². The fraction of sp³-hybridized carbons (Fsp3) is 0.562. The fourth-order valence-electron chi connectivity index (χ4n) is 2.89.